The molecule has 4 N–H and O–H groups in total. The van der Waals surface area contributed by atoms with Crippen molar-refractivity contribution in [3.05, 3.63) is 23.3 Å². The van der Waals surface area contributed by atoms with Gasteiger partial charge in [-0.05, 0) is 39.5 Å². The fraction of sp³-hybridized carbons (Fsp3) is 0.625. The smallest absolute Gasteiger partial charge is 0.335 e. The number of carbonyl (C=O) groups is 2. The van der Waals surface area contributed by atoms with Crippen LogP contribution in [0.2, 0.25) is 0 Å². The average Bonchev–Trinajstić information content (AvgIpc) is 2.56. The lowest BCUT2D eigenvalue weighted by molar-refractivity contribution is -0.169. The number of hydrogen-bond donors (Lipinski definition) is 4. The average molecular weight is 346 g/mol. The molecule has 0 saturated carbocycles. The normalized spacial score (nSPS) is 14.9. The maximum atomic E-state index is 11.4. The Bertz CT molecular complexity index is 413. The Hall–Kier alpha value is -1.74. The maximum absolute atomic E-state index is 11.4. The van der Waals surface area contributed by atoms with E-state index in [1.165, 1.54) is 0 Å². The summed E-state index contributed by atoms with van der Waals surface area (Å²) in [5.41, 5.74) is 0.687. The topological polar surface area (TPSA) is 134 Å². The van der Waals surface area contributed by atoms with Crippen LogP contribution in [0.15, 0.2) is 23.3 Å². The molecule has 0 aliphatic rings. The van der Waals surface area contributed by atoms with Crippen molar-refractivity contribution < 1.29 is 39.5 Å². The number of aliphatic hydroxyl groups excluding tert-OH is 4. The Morgan fingerprint density at radius 3 is 1.46 bits per heavy atom. The second-order valence-corrected chi connectivity index (χ2v) is 5.14. The first kappa shape index (κ1) is 22.3. The maximum Gasteiger partial charge on any atom is 0.335 e. The molecule has 0 aliphatic heterocycles. The number of carbonyl (C=O) groups excluding carboxylic acids is 2. The Morgan fingerprint density at radius 2 is 1.17 bits per heavy atom. The number of unbranched alkanes of at least 4 members (excludes halogenated alkanes) is 3. The van der Waals surface area contributed by atoms with Crippen LogP contribution in [-0.4, -0.2) is 58.2 Å². The highest BCUT2D eigenvalue weighted by Gasteiger charge is 2.12. The van der Waals surface area contributed by atoms with Crippen LogP contribution in [0.5, 0.6) is 0 Å². The molecule has 0 fully saturated rings. The summed E-state index contributed by atoms with van der Waals surface area (Å²) < 4.78 is 9.07. The van der Waals surface area contributed by atoms with Crippen LogP contribution in [0.25, 0.3) is 0 Å². The van der Waals surface area contributed by atoms with Gasteiger partial charge in [0.1, 0.15) is 13.2 Å². The first-order valence-electron chi connectivity index (χ1n) is 7.65. The van der Waals surface area contributed by atoms with Crippen molar-refractivity contribution in [3.8, 4) is 0 Å². The minimum atomic E-state index is -1.52. The predicted molar refractivity (Wildman–Crippen MR) is 84.4 cm³/mol. The number of allylic oxidation sites excluding steroid dienone is 2. The summed E-state index contributed by atoms with van der Waals surface area (Å²) in [7, 11) is 0. The number of aliphatic hydroxyl groups is 4. The van der Waals surface area contributed by atoms with Crippen LogP contribution >= 0.6 is 0 Å². The molecule has 0 aromatic rings. The standard InChI is InChI=1S/C16H26O8/c1-11(15(21)23-13(19)9-17)7-5-3-4-6-8-12(2)16(22)24-14(20)10-18/h7-8,13-14,17-20H,3-6,9-10H2,1-2H3/b11-7+,12-8+. The van der Waals surface area contributed by atoms with E-state index >= 15 is 0 Å². The molecule has 0 amide bonds. The fourth-order valence-electron chi connectivity index (χ4n) is 1.60. The third kappa shape index (κ3) is 10.1. The van der Waals surface area contributed by atoms with E-state index in [1.807, 2.05) is 0 Å². The van der Waals surface area contributed by atoms with Gasteiger partial charge in [-0.3, -0.25) is 0 Å². The van der Waals surface area contributed by atoms with Gasteiger partial charge in [0.2, 0.25) is 12.6 Å². The van der Waals surface area contributed by atoms with E-state index in [0.717, 1.165) is 12.8 Å². The van der Waals surface area contributed by atoms with E-state index in [0.29, 0.717) is 24.0 Å². The molecule has 0 saturated heterocycles. The summed E-state index contributed by atoms with van der Waals surface area (Å²) >= 11 is 0. The van der Waals surface area contributed by atoms with Crippen molar-refractivity contribution >= 4 is 11.9 Å². The lowest BCUT2D eigenvalue weighted by atomic mass is 10.1. The van der Waals surface area contributed by atoms with E-state index in [2.05, 4.69) is 9.47 Å². The molecule has 0 bridgehead atoms. The molecule has 0 aliphatic carbocycles. The van der Waals surface area contributed by atoms with E-state index in [4.69, 9.17) is 20.4 Å². The second-order valence-electron chi connectivity index (χ2n) is 5.14. The van der Waals surface area contributed by atoms with Crippen molar-refractivity contribution in [2.45, 2.75) is 52.1 Å². The first-order valence-corrected chi connectivity index (χ1v) is 7.65. The Morgan fingerprint density at radius 1 is 0.833 bits per heavy atom. The van der Waals surface area contributed by atoms with Crippen LogP contribution in [0.4, 0.5) is 0 Å². The van der Waals surface area contributed by atoms with Crippen LogP contribution < -0.4 is 0 Å². The number of esters is 2. The third-order valence-corrected chi connectivity index (χ3v) is 3.00. The van der Waals surface area contributed by atoms with Crippen molar-refractivity contribution in [1.82, 2.24) is 0 Å². The van der Waals surface area contributed by atoms with Gasteiger partial charge in [0, 0.05) is 11.1 Å². The molecule has 0 rings (SSSR count). The molecule has 0 spiro atoms. The number of ether oxygens (including phenoxy) is 2. The number of rotatable bonds is 11. The van der Waals surface area contributed by atoms with Crippen molar-refractivity contribution in [2.75, 3.05) is 13.2 Å². The summed E-state index contributed by atoms with van der Waals surface area (Å²) in [5.74, 6) is -1.37. The quantitative estimate of drug-likeness (QED) is 0.180. The summed E-state index contributed by atoms with van der Waals surface area (Å²) in [6, 6.07) is 0. The monoisotopic (exact) mass is 346 g/mol. The molecule has 2 atom stereocenters. The molecule has 0 aromatic heterocycles. The van der Waals surface area contributed by atoms with Gasteiger partial charge >= 0.3 is 11.9 Å². The van der Waals surface area contributed by atoms with Gasteiger partial charge in [0.25, 0.3) is 0 Å². The molecular weight excluding hydrogens is 320 g/mol. The Kier molecular flexibility index (Phi) is 11.7. The Labute approximate surface area is 141 Å². The van der Waals surface area contributed by atoms with Gasteiger partial charge in [-0.1, -0.05) is 12.2 Å². The van der Waals surface area contributed by atoms with Crippen molar-refractivity contribution in [2.24, 2.45) is 0 Å². The van der Waals surface area contributed by atoms with Crippen LogP contribution in [0.1, 0.15) is 39.5 Å². The van der Waals surface area contributed by atoms with Crippen LogP contribution in [0, 0.1) is 0 Å². The predicted octanol–water partition coefficient (Wildman–Crippen LogP) is 0.147. The van der Waals surface area contributed by atoms with Crippen LogP contribution in [0.3, 0.4) is 0 Å². The molecule has 8 nitrogen and oxygen atoms in total. The van der Waals surface area contributed by atoms with Gasteiger partial charge in [-0.2, -0.15) is 0 Å². The van der Waals surface area contributed by atoms with E-state index < -0.39 is 37.7 Å². The van der Waals surface area contributed by atoms with E-state index in [-0.39, 0.29) is 0 Å². The summed E-state index contributed by atoms with van der Waals surface area (Å²) in [6.07, 6.45) is 3.10. The lowest BCUT2D eigenvalue weighted by Crippen LogP contribution is -2.21. The van der Waals surface area contributed by atoms with Gasteiger partial charge in [0.05, 0.1) is 0 Å². The Balaban J connectivity index is 4.04. The minimum Gasteiger partial charge on any atom is -0.430 e. The van der Waals surface area contributed by atoms with Gasteiger partial charge in [-0.25, -0.2) is 9.59 Å². The second kappa shape index (κ2) is 12.7. The summed E-state index contributed by atoms with van der Waals surface area (Å²) in [6.45, 7) is 1.81. The highest BCUT2D eigenvalue weighted by atomic mass is 16.6. The molecule has 24 heavy (non-hydrogen) atoms. The fourth-order valence-corrected chi connectivity index (χ4v) is 1.60. The molecule has 8 heteroatoms. The minimum absolute atomic E-state index is 0.343. The van der Waals surface area contributed by atoms with Gasteiger partial charge in [0.15, 0.2) is 0 Å². The molecule has 0 heterocycles. The zero-order valence-corrected chi connectivity index (χ0v) is 14.0. The van der Waals surface area contributed by atoms with Gasteiger partial charge < -0.3 is 29.9 Å². The molecule has 0 aromatic carbocycles. The van der Waals surface area contributed by atoms with E-state index in [1.54, 1.807) is 26.0 Å². The SMILES string of the molecule is C/C(=C\CCCC/C=C(\C)C(=O)OC(O)CO)C(=O)OC(O)CO. The zero-order valence-electron chi connectivity index (χ0n) is 14.0. The van der Waals surface area contributed by atoms with Crippen LogP contribution in [-0.2, 0) is 19.1 Å². The first-order chi connectivity index (χ1) is 11.3. The molecule has 2 unspecified atom stereocenters. The molecule has 0 radical (unpaired) electrons. The zero-order chi connectivity index (χ0) is 18.5. The molecule has 138 valence electrons. The van der Waals surface area contributed by atoms with Crippen molar-refractivity contribution in [3.63, 3.8) is 0 Å². The molecular formula is C16H26O8. The van der Waals surface area contributed by atoms with E-state index in [9.17, 15) is 9.59 Å². The summed E-state index contributed by atoms with van der Waals surface area (Å²) in [5, 5.41) is 35.1. The van der Waals surface area contributed by atoms with Crippen molar-refractivity contribution in [1.29, 1.82) is 0 Å². The highest BCUT2D eigenvalue weighted by molar-refractivity contribution is 5.88. The highest BCUT2D eigenvalue weighted by Crippen LogP contribution is 2.08. The number of hydrogen-bond acceptors (Lipinski definition) is 8. The largest absolute Gasteiger partial charge is 0.430 e. The summed E-state index contributed by atoms with van der Waals surface area (Å²) in [4.78, 5) is 22.9. The lowest BCUT2D eigenvalue weighted by Gasteiger charge is -2.09. The van der Waals surface area contributed by atoms with Gasteiger partial charge in [-0.15, -0.1) is 0 Å². The third-order valence-electron chi connectivity index (χ3n) is 3.00.